The largest absolute Gasteiger partial charge is 0.476 e. The van der Waals surface area contributed by atoms with Crippen LogP contribution < -0.4 is 15.4 Å². The molecule has 1 aromatic heterocycles. The Morgan fingerprint density at radius 1 is 1.30 bits per heavy atom. The number of hydrogen-bond acceptors (Lipinski definition) is 6. The molecule has 0 aliphatic rings. The van der Waals surface area contributed by atoms with Crippen molar-refractivity contribution < 1.29 is 9.84 Å². The summed E-state index contributed by atoms with van der Waals surface area (Å²) in [4.78, 5) is 10.4. The third-order valence-electron chi connectivity index (χ3n) is 3.27. The van der Waals surface area contributed by atoms with E-state index in [0.29, 0.717) is 36.6 Å². The number of rotatable bonds is 9. The van der Waals surface area contributed by atoms with Gasteiger partial charge in [-0.05, 0) is 19.3 Å². The molecule has 0 atom stereocenters. The monoisotopic (exact) mass is 282 g/mol. The number of ether oxygens (including phenoxy) is 1. The molecular formula is C14H26N4O2. The summed E-state index contributed by atoms with van der Waals surface area (Å²) >= 11 is 0. The topological polar surface area (TPSA) is 84.5 Å². The zero-order chi connectivity index (χ0) is 15.0. The van der Waals surface area contributed by atoms with E-state index in [1.807, 2.05) is 11.8 Å². The third-order valence-corrected chi connectivity index (χ3v) is 3.27. The van der Waals surface area contributed by atoms with E-state index in [-0.39, 0.29) is 6.61 Å². The second kappa shape index (κ2) is 8.58. The molecule has 6 nitrogen and oxygen atoms in total. The van der Waals surface area contributed by atoms with Gasteiger partial charge in [0.2, 0.25) is 5.88 Å². The van der Waals surface area contributed by atoms with Crippen molar-refractivity contribution in [3.63, 3.8) is 0 Å². The minimum Gasteiger partial charge on any atom is -0.476 e. The molecule has 3 N–H and O–H groups in total. The molecule has 0 bridgehead atoms. The van der Waals surface area contributed by atoms with E-state index in [1.165, 1.54) is 6.33 Å². The van der Waals surface area contributed by atoms with Crippen LogP contribution in [0.2, 0.25) is 0 Å². The van der Waals surface area contributed by atoms with Gasteiger partial charge in [0.1, 0.15) is 12.0 Å². The van der Waals surface area contributed by atoms with Gasteiger partial charge in [-0.2, -0.15) is 4.98 Å². The van der Waals surface area contributed by atoms with Gasteiger partial charge >= 0.3 is 0 Å². The van der Waals surface area contributed by atoms with Crippen molar-refractivity contribution in [1.82, 2.24) is 9.97 Å². The first-order valence-corrected chi connectivity index (χ1v) is 7.30. The summed E-state index contributed by atoms with van der Waals surface area (Å²) in [5.74, 6) is 1.07. The van der Waals surface area contributed by atoms with Crippen molar-refractivity contribution in [1.29, 1.82) is 0 Å². The average molecular weight is 282 g/mol. The number of aliphatic hydroxyl groups excluding tert-OH is 1. The number of nitrogens with zero attached hydrogens (tertiary/aromatic N) is 3. The van der Waals surface area contributed by atoms with Crippen molar-refractivity contribution in [2.24, 2.45) is 0 Å². The second-order valence-corrected chi connectivity index (χ2v) is 4.65. The molecule has 0 spiro atoms. The third kappa shape index (κ3) is 3.96. The molecule has 0 radical (unpaired) electrons. The van der Waals surface area contributed by atoms with Crippen LogP contribution in [0.3, 0.4) is 0 Å². The van der Waals surface area contributed by atoms with Crippen LogP contribution in [0.4, 0.5) is 11.5 Å². The summed E-state index contributed by atoms with van der Waals surface area (Å²) in [6, 6.07) is 0.290. The molecule has 0 fully saturated rings. The molecule has 0 aromatic carbocycles. The highest BCUT2D eigenvalue weighted by Crippen LogP contribution is 2.30. The smallest absolute Gasteiger partial charge is 0.242 e. The zero-order valence-corrected chi connectivity index (χ0v) is 12.7. The highest BCUT2D eigenvalue weighted by atomic mass is 16.5. The number of aromatic nitrogens is 2. The lowest BCUT2D eigenvalue weighted by Crippen LogP contribution is -2.38. The summed E-state index contributed by atoms with van der Waals surface area (Å²) in [6.45, 7) is 7.40. The van der Waals surface area contributed by atoms with Crippen LogP contribution in [0.1, 0.15) is 40.0 Å². The average Bonchev–Trinajstić information content (AvgIpc) is 2.47. The van der Waals surface area contributed by atoms with Gasteiger partial charge in [-0.1, -0.05) is 20.8 Å². The minimum atomic E-state index is 0.0606. The minimum absolute atomic E-state index is 0.0606. The fourth-order valence-electron chi connectivity index (χ4n) is 2.21. The zero-order valence-electron chi connectivity index (χ0n) is 12.7. The van der Waals surface area contributed by atoms with Crippen molar-refractivity contribution in [2.75, 3.05) is 30.4 Å². The highest BCUT2D eigenvalue weighted by Gasteiger charge is 2.21. The first-order chi connectivity index (χ1) is 9.69. The maximum Gasteiger partial charge on any atom is 0.242 e. The highest BCUT2D eigenvalue weighted by molar-refractivity contribution is 5.68. The maximum atomic E-state index is 9.28. The quantitative estimate of drug-likeness (QED) is 0.719. The van der Waals surface area contributed by atoms with Crippen LogP contribution in [0.15, 0.2) is 6.33 Å². The van der Waals surface area contributed by atoms with Gasteiger partial charge in [-0.15, -0.1) is 0 Å². The predicted molar refractivity (Wildman–Crippen MR) is 81.0 cm³/mol. The van der Waals surface area contributed by atoms with Gasteiger partial charge in [-0.25, -0.2) is 4.98 Å². The number of nitrogens with two attached hydrogens (primary N) is 1. The normalized spacial score (nSPS) is 10.8. The van der Waals surface area contributed by atoms with Crippen molar-refractivity contribution in [3.8, 4) is 5.88 Å². The Morgan fingerprint density at radius 3 is 2.55 bits per heavy atom. The van der Waals surface area contributed by atoms with E-state index < -0.39 is 0 Å². The Kier molecular flexibility index (Phi) is 7.08. The Hall–Kier alpha value is -1.56. The number of aliphatic hydroxyl groups is 1. The van der Waals surface area contributed by atoms with Gasteiger partial charge in [0.05, 0.1) is 13.2 Å². The van der Waals surface area contributed by atoms with Crippen LogP contribution >= 0.6 is 0 Å². The van der Waals surface area contributed by atoms with E-state index in [2.05, 4.69) is 23.8 Å². The molecule has 0 unspecified atom stereocenters. The van der Waals surface area contributed by atoms with Crippen molar-refractivity contribution in [2.45, 2.75) is 46.1 Å². The molecule has 0 aliphatic heterocycles. The van der Waals surface area contributed by atoms with Gasteiger partial charge in [0.15, 0.2) is 5.82 Å². The first kappa shape index (κ1) is 16.5. The van der Waals surface area contributed by atoms with Crippen LogP contribution in [0.5, 0.6) is 5.88 Å². The molecule has 1 rings (SSSR count). The lowest BCUT2D eigenvalue weighted by atomic mass is 10.1. The summed E-state index contributed by atoms with van der Waals surface area (Å²) in [5, 5.41) is 9.28. The molecule has 0 saturated carbocycles. The van der Waals surface area contributed by atoms with E-state index in [9.17, 15) is 5.11 Å². The Bertz CT molecular complexity index is 397. The Morgan fingerprint density at radius 2 is 2.00 bits per heavy atom. The summed E-state index contributed by atoms with van der Waals surface area (Å²) in [7, 11) is 0. The van der Waals surface area contributed by atoms with Crippen LogP contribution in [0, 0.1) is 0 Å². The van der Waals surface area contributed by atoms with Crippen LogP contribution in [-0.2, 0) is 0 Å². The van der Waals surface area contributed by atoms with Crippen molar-refractivity contribution in [3.05, 3.63) is 6.33 Å². The SMILES string of the molecule is CCCOc1ncnc(N(CCO)C(CC)CC)c1N. The maximum absolute atomic E-state index is 9.28. The summed E-state index contributed by atoms with van der Waals surface area (Å²) in [5.41, 5.74) is 6.57. The standard InChI is InChI=1S/C14H26N4O2/c1-4-9-20-14-12(15)13(16-10-17-14)18(7-8-19)11(5-2)6-3/h10-11,19H,4-9,15H2,1-3H3. The van der Waals surface area contributed by atoms with Gasteiger partial charge in [-0.3, -0.25) is 0 Å². The number of hydrogen-bond donors (Lipinski definition) is 2. The molecule has 0 saturated heterocycles. The van der Waals surface area contributed by atoms with Crippen LogP contribution in [-0.4, -0.2) is 40.9 Å². The van der Waals surface area contributed by atoms with Gasteiger partial charge in [0, 0.05) is 12.6 Å². The van der Waals surface area contributed by atoms with E-state index >= 15 is 0 Å². The molecule has 0 aliphatic carbocycles. The molecular weight excluding hydrogens is 256 g/mol. The lowest BCUT2D eigenvalue weighted by Gasteiger charge is -2.31. The van der Waals surface area contributed by atoms with Crippen molar-refractivity contribution >= 4 is 11.5 Å². The second-order valence-electron chi connectivity index (χ2n) is 4.65. The van der Waals surface area contributed by atoms with E-state index in [4.69, 9.17) is 10.5 Å². The molecule has 20 heavy (non-hydrogen) atoms. The number of nitrogen functional groups attached to an aromatic ring is 1. The predicted octanol–water partition coefficient (Wildman–Crippen LogP) is 1.83. The summed E-state index contributed by atoms with van der Waals surface area (Å²) < 4.78 is 5.54. The van der Waals surface area contributed by atoms with E-state index in [0.717, 1.165) is 19.3 Å². The molecule has 6 heteroatoms. The lowest BCUT2D eigenvalue weighted by molar-refractivity contribution is 0.294. The molecule has 1 aromatic rings. The fraction of sp³-hybridized carbons (Fsp3) is 0.714. The molecule has 114 valence electrons. The Labute approximate surface area is 121 Å². The first-order valence-electron chi connectivity index (χ1n) is 7.30. The van der Waals surface area contributed by atoms with Gasteiger partial charge in [0.25, 0.3) is 0 Å². The van der Waals surface area contributed by atoms with E-state index in [1.54, 1.807) is 0 Å². The Balaban J connectivity index is 3.06. The molecule has 0 amide bonds. The van der Waals surface area contributed by atoms with Crippen LogP contribution in [0.25, 0.3) is 0 Å². The molecule has 1 heterocycles. The summed E-state index contributed by atoms with van der Waals surface area (Å²) in [6.07, 6.45) is 4.28. The van der Waals surface area contributed by atoms with Gasteiger partial charge < -0.3 is 20.5 Å². The number of anilines is 2. The fourth-order valence-corrected chi connectivity index (χ4v) is 2.21.